The van der Waals surface area contributed by atoms with Crippen LogP contribution in [-0.4, -0.2) is 26.3 Å². The van der Waals surface area contributed by atoms with Crippen molar-refractivity contribution in [3.8, 4) is 11.5 Å². The van der Waals surface area contributed by atoms with Crippen LogP contribution in [-0.2, 0) is 13.1 Å². The first-order chi connectivity index (χ1) is 12.7. The van der Waals surface area contributed by atoms with Crippen molar-refractivity contribution in [1.82, 2.24) is 25.1 Å². The van der Waals surface area contributed by atoms with Crippen LogP contribution in [0.1, 0.15) is 23.6 Å². The Morgan fingerprint density at radius 2 is 2.04 bits per heavy atom. The topological polar surface area (TPSA) is 71.7 Å². The summed E-state index contributed by atoms with van der Waals surface area (Å²) in [6.45, 7) is 6.65. The highest BCUT2D eigenvalue weighted by atomic mass is 16.3. The highest BCUT2D eigenvalue weighted by Crippen LogP contribution is 2.23. The van der Waals surface area contributed by atoms with Gasteiger partial charge in [0.15, 0.2) is 5.76 Å². The van der Waals surface area contributed by atoms with Crippen LogP contribution in [0, 0.1) is 13.8 Å². The Hall–Kier alpha value is -2.86. The van der Waals surface area contributed by atoms with Gasteiger partial charge >= 0.3 is 0 Å². The molecule has 0 fully saturated rings. The number of benzene rings is 1. The second-order valence-corrected chi connectivity index (χ2v) is 6.51. The molecule has 134 valence electrons. The quantitative estimate of drug-likeness (QED) is 0.498. The van der Waals surface area contributed by atoms with Gasteiger partial charge < -0.3 is 14.3 Å². The molecule has 6 nitrogen and oxygen atoms in total. The highest BCUT2D eigenvalue weighted by Gasteiger charge is 2.11. The maximum absolute atomic E-state index is 5.69. The van der Waals surface area contributed by atoms with Crippen molar-refractivity contribution in [2.24, 2.45) is 0 Å². The van der Waals surface area contributed by atoms with E-state index in [0.717, 1.165) is 60.2 Å². The Bertz CT molecular complexity index is 1010. The van der Waals surface area contributed by atoms with Crippen molar-refractivity contribution in [2.45, 2.75) is 33.4 Å². The second-order valence-electron chi connectivity index (χ2n) is 6.51. The van der Waals surface area contributed by atoms with Crippen LogP contribution in [0.2, 0.25) is 0 Å². The van der Waals surface area contributed by atoms with E-state index in [9.17, 15) is 0 Å². The van der Waals surface area contributed by atoms with Crippen LogP contribution in [0.15, 0.2) is 47.0 Å². The minimum atomic E-state index is 0.759. The molecule has 0 aliphatic heterocycles. The summed E-state index contributed by atoms with van der Waals surface area (Å²) < 4.78 is 7.97. The molecule has 0 amide bonds. The van der Waals surface area contributed by atoms with Gasteiger partial charge in [0.05, 0.1) is 17.2 Å². The number of nitrogens with zero attached hydrogens (tertiary/aromatic N) is 3. The number of furan rings is 1. The highest BCUT2D eigenvalue weighted by molar-refractivity contribution is 5.75. The monoisotopic (exact) mass is 349 g/mol. The number of fused-ring (bicyclic) bond motifs is 1. The number of nitrogens with one attached hydrogen (secondary N) is 2. The zero-order valence-corrected chi connectivity index (χ0v) is 15.1. The van der Waals surface area contributed by atoms with Crippen LogP contribution in [0.25, 0.3) is 22.5 Å². The van der Waals surface area contributed by atoms with Gasteiger partial charge in [0, 0.05) is 18.7 Å². The van der Waals surface area contributed by atoms with E-state index >= 15 is 0 Å². The number of aromatic nitrogens is 4. The fraction of sp³-hybridized carbons (Fsp3) is 0.300. The van der Waals surface area contributed by atoms with Gasteiger partial charge in [-0.05, 0) is 51.1 Å². The van der Waals surface area contributed by atoms with E-state index in [1.54, 1.807) is 0 Å². The molecule has 0 aliphatic rings. The predicted octanol–water partition coefficient (Wildman–Crippen LogP) is 3.82. The number of para-hydroxylation sites is 2. The lowest BCUT2D eigenvalue weighted by molar-refractivity contribution is 0.544. The van der Waals surface area contributed by atoms with Crippen molar-refractivity contribution in [2.75, 3.05) is 6.54 Å². The number of rotatable bonds is 7. The average molecular weight is 349 g/mol. The number of imidazole rings is 1. The minimum Gasteiger partial charge on any atom is -0.460 e. The van der Waals surface area contributed by atoms with E-state index in [2.05, 4.69) is 50.2 Å². The average Bonchev–Trinajstić information content (AvgIpc) is 3.33. The lowest BCUT2D eigenvalue weighted by Gasteiger charge is -2.08. The first-order valence-electron chi connectivity index (χ1n) is 8.94. The molecule has 0 spiro atoms. The van der Waals surface area contributed by atoms with Crippen molar-refractivity contribution >= 4 is 11.0 Å². The normalized spacial score (nSPS) is 11.5. The number of hydrogen-bond acceptors (Lipinski definition) is 4. The van der Waals surface area contributed by atoms with E-state index in [1.807, 2.05) is 31.3 Å². The Morgan fingerprint density at radius 1 is 1.15 bits per heavy atom. The van der Waals surface area contributed by atoms with E-state index in [1.165, 1.54) is 5.52 Å². The number of hydrogen-bond donors (Lipinski definition) is 2. The van der Waals surface area contributed by atoms with Crippen molar-refractivity contribution in [3.63, 3.8) is 0 Å². The number of H-pyrrole nitrogens is 1. The largest absolute Gasteiger partial charge is 0.460 e. The summed E-state index contributed by atoms with van der Waals surface area (Å²) in [7, 11) is 0. The predicted molar refractivity (Wildman–Crippen MR) is 102 cm³/mol. The van der Waals surface area contributed by atoms with Crippen LogP contribution < -0.4 is 5.32 Å². The van der Waals surface area contributed by atoms with E-state index in [4.69, 9.17) is 4.42 Å². The molecule has 0 atom stereocenters. The molecule has 6 heteroatoms. The molecule has 0 unspecified atom stereocenters. The van der Waals surface area contributed by atoms with Crippen LogP contribution in [0.3, 0.4) is 0 Å². The van der Waals surface area contributed by atoms with Gasteiger partial charge in [0.1, 0.15) is 17.3 Å². The van der Waals surface area contributed by atoms with Gasteiger partial charge in [0.2, 0.25) is 0 Å². The molecule has 2 N–H and O–H groups in total. The van der Waals surface area contributed by atoms with E-state index in [0.29, 0.717) is 0 Å². The maximum Gasteiger partial charge on any atom is 0.152 e. The van der Waals surface area contributed by atoms with Crippen LogP contribution in [0.5, 0.6) is 0 Å². The summed E-state index contributed by atoms with van der Waals surface area (Å²) in [5.41, 5.74) is 4.33. The van der Waals surface area contributed by atoms with Crippen molar-refractivity contribution in [1.29, 1.82) is 0 Å². The summed E-state index contributed by atoms with van der Waals surface area (Å²) in [6.07, 6.45) is 2.89. The number of aromatic amines is 1. The van der Waals surface area contributed by atoms with Crippen molar-refractivity contribution < 1.29 is 4.42 Å². The fourth-order valence-electron chi connectivity index (χ4n) is 3.29. The van der Waals surface area contributed by atoms with Gasteiger partial charge in [-0.2, -0.15) is 5.10 Å². The molecule has 0 saturated heterocycles. The number of aryl methyl sites for hydroxylation is 3. The zero-order valence-electron chi connectivity index (χ0n) is 15.1. The third-order valence-corrected chi connectivity index (χ3v) is 4.60. The van der Waals surface area contributed by atoms with Gasteiger partial charge in [0.25, 0.3) is 0 Å². The van der Waals surface area contributed by atoms with Gasteiger partial charge in [-0.15, -0.1) is 0 Å². The van der Waals surface area contributed by atoms with E-state index in [-0.39, 0.29) is 0 Å². The van der Waals surface area contributed by atoms with E-state index < -0.39 is 0 Å². The summed E-state index contributed by atoms with van der Waals surface area (Å²) >= 11 is 0. The molecule has 0 aliphatic carbocycles. The minimum absolute atomic E-state index is 0.759. The molecule has 0 radical (unpaired) electrons. The van der Waals surface area contributed by atoms with Gasteiger partial charge in [-0.3, -0.25) is 5.10 Å². The van der Waals surface area contributed by atoms with Crippen LogP contribution >= 0.6 is 0 Å². The van der Waals surface area contributed by atoms with Gasteiger partial charge in [-0.25, -0.2) is 4.98 Å². The first-order valence-corrected chi connectivity index (χ1v) is 8.94. The summed E-state index contributed by atoms with van der Waals surface area (Å²) in [5, 5.41) is 10.7. The molecule has 0 saturated carbocycles. The molecule has 3 heterocycles. The molecule has 3 aromatic heterocycles. The summed E-state index contributed by atoms with van der Waals surface area (Å²) in [5.74, 6) is 2.80. The lowest BCUT2D eigenvalue weighted by atomic mass is 10.2. The zero-order chi connectivity index (χ0) is 17.9. The Labute approximate surface area is 152 Å². The SMILES string of the molecule is Cc1ccc(-c2[nH]ncc2CNCCCn2c(C)nc3ccccc32)o1. The third-order valence-electron chi connectivity index (χ3n) is 4.60. The maximum atomic E-state index is 5.69. The second kappa shape index (κ2) is 7.17. The molecule has 1 aromatic carbocycles. The summed E-state index contributed by atoms with van der Waals surface area (Å²) in [6, 6.07) is 12.2. The Balaban J connectivity index is 1.32. The first kappa shape index (κ1) is 16.6. The van der Waals surface area contributed by atoms with Gasteiger partial charge in [-0.1, -0.05) is 12.1 Å². The molecule has 4 aromatic rings. The molecule has 4 rings (SSSR count). The third kappa shape index (κ3) is 3.28. The molecule has 0 bridgehead atoms. The Kier molecular flexibility index (Phi) is 4.58. The molecule has 26 heavy (non-hydrogen) atoms. The Morgan fingerprint density at radius 3 is 2.88 bits per heavy atom. The summed E-state index contributed by atoms with van der Waals surface area (Å²) in [4.78, 5) is 4.62. The van der Waals surface area contributed by atoms with Crippen molar-refractivity contribution in [3.05, 3.63) is 59.7 Å². The molecular weight excluding hydrogens is 326 g/mol. The smallest absolute Gasteiger partial charge is 0.152 e. The fourth-order valence-corrected chi connectivity index (χ4v) is 3.29. The standard InChI is InChI=1S/C20H23N5O/c1-14-8-9-19(26-14)20-16(13-22-24-20)12-21-10-5-11-25-15(2)23-17-6-3-4-7-18(17)25/h3-4,6-9,13,21H,5,10-12H2,1-2H3,(H,22,24). The lowest BCUT2D eigenvalue weighted by Crippen LogP contribution is -2.17. The van der Waals surface area contributed by atoms with Crippen LogP contribution in [0.4, 0.5) is 0 Å². The molecular formula is C20H23N5O.